The van der Waals surface area contributed by atoms with Crippen LogP contribution in [0.2, 0.25) is 0 Å². The van der Waals surface area contributed by atoms with Gasteiger partial charge in [-0.2, -0.15) is 4.37 Å². The molecule has 0 saturated carbocycles. The van der Waals surface area contributed by atoms with Crippen LogP contribution in [0.3, 0.4) is 0 Å². The van der Waals surface area contributed by atoms with E-state index in [0.717, 1.165) is 17.6 Å². The Morgan fingerprint density at radius 1 is 1.30 bits per heavy atom. The number of amides is 1. The third-order valence-corrected chi connectivity index (χ3v) is 3.46. The van der Waals surface area contributed by atoms with Crippen molar-refractivity contribution in [2.45, 2.75) is 13.8 Å². The monoisotopic (exact) mass is 294 g/mol. The van der Waals surface area contributed by atoms with Crippen LogP contribution in [0, 0.1) is 19.7 Å². The number of hydrogen-bond donors (Lipinski definition) is 2. The van der Waals surface area contributed by atoms with Crippen LogP contribution in [0.4, 0.5) is 9.39 Å². The molecule has 5 nitrogen and oxygen atoms in total. The van der Waals surface area contributed by atoms with Gasteiger partial charge in [0.2, 0.25) is 0 Å². The van der Waals surface area contributed by atoms with E-state index >= 15 is 0 Å². The minimum atomic E-state index is -1.16. The van der Waals surface area contributed by atoms with Crippen LogP contribution in [-0.4, -0.2) is 21.4 Å². The topological polar surface area (TPSA) is 79.3 Å². The van der Waals surface area contributed by atoms with Gasteiger partial charge in [-0.15, -0.1) is 0 Å². The van der Waals surface area contributed by atoms with Gasteiger partial charge in [-0.1, -0.05) is 0 Å². The molecule has 7 heteroatoms. The summed E-state index contributed by atoms with van der Waals surface area (Å²) < 4.78 is 17.1. The SMILES string of the molecule is Cc1cc(F)cc(C(=O)Nc2snc(C)c2C(=O)O)c1. The average molecular weight is 294 g/mol. The number of aromatic carboxylic acids is 1. The van der Waals surface area contributed by atoms with Crippen LogP contribution in [0.25, 0.3) is 0 Å². The van der Waals surface area contributed by atoms with Gasteiger partial charge >= 0.3 is 5.97 Å². The summed E-state index contributed by atoms with van der Waals surface area (Å²) >= 11 is 0.879. The van der Waals surface area contributed by atoms with Gasteiger partial charge in [-0.05, 0) is 49.1 Å². The fraction of sp³-hybridized carbons (Fsp3) is 0.154. The van der Waals surface area contributed by atoms with Gasteiger partial charge in [0.25, 0.3) is 5.91 Å². The van der Waals surface area contributed by atoms with E-state index in [1.54, 1.807) is 13.8 Å². The molecule has 0 radical (unpaired) electrons. The van der Waals surface area contributed by atoms with Crippen LogP contribution in [0.15, 0.2) is 18.2 Å². The fourth-order valence-electron chi connectivity index (χ4n) is 1.75. The van der Waals surface area contributed by atoms with E-state index in [1.807, 2.05) is 0 Å². The molecule has 0 aliphatic heterocycles. The molecule has 0 atom stereocenters. The molecule has 0 saturated heterocycles. The van der Waals surface area contributed by atoms with Crippen LogP contribution >= 0.6 is 11.5 Å². The molecule has 0 spiro atoms. The zero-order valence-electron chi connectivity index (χ0n) is 10.7. The highest BCUT2D eigenvalue weighted by atomic mass is 32.1. The second kappa shape index (κ2) is 5.38. The smallest absolute Gasteiger partial charge is 0.340 e. The summed E-state index contributed by atoms with van der Waals surface area (Å²) in [6.07, 6.45) is 0. The number of nitrogens with zero attached hydrogens (tertiary/aromatic N) is 1. The molecule has 104 valence electrons. The van der Waals surface area contributed by atoms with Crippen molar-refractivity contribution < 1.29 is 19.1 Å². The predicted molar refractivity (Wildman–Crippen MR) is 72.9 cm³/mol. The second-order valence-corrected chi connectivity index (χ2v) is 5.02. The Morgan fingerprint density at radius 3 is 2.60 bits per heavy atom. The van der Waals surface area contributed by atoms with E-state index < -0.39 is 17.7 Å². The number of hydrogen-bond acceptors (Lipinski definition) is 4. The Kier molecular flexibility index (Phi) is 3.80. The molecule has 0 unspecified atom stereocenters. The molecule has 1 heterocycles. The minimum Gasteiger partial charge on any atom is -0.478 e. The molecule has 1 amide bonds. The van der Waals surface area contributed by atoms with Gasteiger partial charge in [0.15, 0.2) is 0 Å². The summed E-state index contributed by atoms with van der Waals surface area (Å²) in [4.78, 5) is 23.1. The van der Waals surface area contributed by atoms with Gasteiger partial charge in [0.1, 0.15) is 16.4 Å². The number of carboxylic acid groups (broad SMARTS) is 1. The zero-order chi connectivity index (χ0) is 14.9. The Bertz CT molecular complexity index is 677. The maximum absolute atomic E-state index is 13.3. The van der Waals surface area contributed by atoms with Crippen molar-refractivity contribution in [2.75, 3.05) is 5.32 Å². The molecule has 2 rings (SSSR count). The number of rotatable bonds is 3. The maximum Gasteiger partial charge on any atom is 0.340 e. The van der Waals surface area contributed by atoms with Crippen LogP contribution in [-0.2, 0) is 0 Å². The first kappa shape index (κ1) is 14.1. The lowest BCUT2D eigenvalue weighted by Gasteiger charge is -2.05. The molecular formula is C13H11FN2O3S. The number of benzene rings is 1. The summed E-state index contributed by atoms with van der Waals surface area (Å²) in [5, 5.41) is 11.7. The quantitative estimate of drug-likeness (QED) is 0.912. The van der Waals surface area contributed by atoms with Crippen molar-refractivity contribution >= 4 is 28.4 Å². The van der Waals surface area contributed by atoms with Crippen molar-refractivity contribution in [3.63, 3.8) is 0 Å². The van der Waals surface area contributed by atoms with E-state index in [9.17, 15) is 14.0 Å². The molecule has 2 N–H and O–H groups in total. The highest BCUT2D eigenvalue weighted by molar-refractivity contribution is 7.11. The first-order valence-corrected chi connectivity index (χ1v) is 6.44. The molecule has 0 bridgehead atoms. The zero-order valence-corrected chi connectivity index (χ0v) is 11.5. The Labute approximate surface area is 118 Å². The molecule has 0 fully saturated rings. The highest BCUT2D eigenvalue weighted by Crippen LogP contribution is 2.25. The van der Waals surface area contributed by atoms with Crippen molar-refractivity contribution in [3.8, 4) is 0 Å². The molecule has 0 aliphatic carbocycles. The lowest BCUT2D eigenvalue weighted by molar-refractivity contribution is 0.0697. The molecule has 1 aromatic carbocycles. The molecule has 20 heavy (non-hydrogen) atoms. The van der Waals surface area contributed by atoms with Crippen LogP contribution in [0.5, 0.6) is 0 Å². The summed E-state index contributed by atoms with van der Waals surface area (Å²) in [5.74, 6) is -2.25. The normalized spacial score (nSPS) is 10.3. The third kappa shape index (κ3) is 2.83. The number of halogens is 1. The number of nitrogens with one attached hydrogen (secondary N) is 1. The Morgan fingerprint density at radius 2 is 2.00 bits per heavy atom. The first-order chi connectivity index (χ1) is 9.38. The number of carbonyl (C=O) groups is 2. The summed E-state index contributed by atoms with van der Waals surface area (Å²) in [7, 11) is 0. The highest BCUT2D eigenvalue weighted by Gasteiger charge is 2.20. The number of aromatic nitrogens is 1. The Hall–Kier alpha value is -2.28. The van der Waals surface area contributed by atoms with Gasteiger partial charge in [0, 0.05) is 5.56 Å². The Balaban J connectivity index is 2.30. The van der Waals surface area contributed by atoms with Crippen molar-refractivity contribution in [3.05, 3.63) is 46.4 Å². The largest absolute Gasteiger partial charge is 0.478 e. The first-order valence-electron chi connectivity index (χ1n) is 5.66. The lowest BCUT2D eigenvalue weighted by atomic mass is 10.1. The summed E-state index contributed by atoms with van der Waals surface area (Å²) in [6.45, 7) is 3.21. The van der Waals surface area contributed by atoms with Crippen LogP contribution in [0.1, 0.15) is 32.0 Å². The third-order valence-electron chi connectivity index (χ3n) is 2.61. The molecule has 1 aromatic heterocycles. The van der Waals surface area contributed by atoms with E-state index in [2.05, 4.69) is 9.69 Å². The van der Waals surface area contributed by atoms with E-state index in [-0.39, 0.29) is 16.1 Å². The minimum absolute atomic E-state index is 0.0449. The molecular weight excluding hydrogens is 283 g/mol. The predicted octanol–water partition coefficient (Wildman–Crippen LogP) is 2.85. The van der Waals surface area contributed by atoms with E-state index in [0.29, 0.717) is 11.3 Å². The van der Waals surface area contributed by atoms with Crippen molar-refractivity contribution in [2.24, 2.45) is 0 Å². The number of anilines is 1. The van der Waals surface area contributed by atoms with Gasteiger partial charge < -0.3 is 10.4 Å². The van der Waals surface area contributed by atoms with Gasteiger partial charge in [0.05, 0.1) is 5.69 Å². The van der Waals surface area contributed by atoms with Crippen molar-refractivity contribution in [1.29, 1.82) is 0 Å². The second-order valence-electron chi connectivity index (χ2n) is 4.25. The number of carbonyl (C=O) groups excluding carboxylic acids is 1. The fourth-order valence-corrected chi connectivity index (χ4v) is 2.53. The molecule has 2 aromatic rings. The standard InChI is InChI=1S/C13H11FN2O3S/c1-6-3-8(5-9(14)4-6)11(17)15-12-10(13(18)19)7(2)16-20-12/h3-5H,1-2H3,(H,15,17)(H,18,19). The average Bonchev–Trinajstić information content (AvgIpc) is 2.69. The summed E-state index contributed by atoms with van der Waals surface area (Å²) in [6, 6.07) is 3.92. The van der Waals surface area contributed by atoms with Gasteiger partial charge in [-0.25, -0.2) is 9.18 Å². The van der Waals surface area contributed by atoms with E-state index in [4.69, 9.17) is 5.11 Å². The molecule has 0 aliphatic rings. The maximum atomic E-state index is 13.3. The van der Waals surface area contributed by atoms with Gasteiger partial charge in [-0.3, -0.25) is 4.79 Å². The van der Waals surface area contributed by atoms with E-state index in [1.165, 1.54) is 12.1 Å². The summed E-state index contributed by atoms with van der Waals surface area (Å²) in [5.41, 5.74) is 1.02. The number of carboxylic acids is 1. The lowest BCUT2D eigenvalue weighted by Crippen LogP contribution is -2.14. The number of aryl methyl sites for hydroxylation is 2. The van der Waals surface area contributed by atoms with Crippen LogP contribution < -0.4 is 5.32 Å². The van der Waals surface area contributed by atoms with Crippen molar-refractivity contribution in [1.82, 2.24) is 4.37 Å².